The third-order valence-electron chi connectivity index (χ3n) is 3.02. The average molecular weight is 350 g/mol. The molecule has 8 heteroatoms. The van der Waals surface area contributed by atoms with Crippen molar-refractivity contribution in [3.63, 3.8) is 0 Å². The van der Waals surface area contributed by atoms with Crippen LogP contribution in [-0.4, -0.2) is 15.9 Å². The van der Waals surface area contributed by atoms with Crippen LogP contribution in [0.2, 0.25) is 5.02 Å². The summed E-state index contributed by atoms with van der Waals surface area (Å²) in [7, 11) is 0. The van der Waals surface area contributed by atoms with Crippen LogP contribution >= 0.6 is 23.8 Å². The summed E-state index contributed by atoms with van der Waals surface area (Å²) < 4.78 is 0. The molecule has 2 N–H and O–H groups in total. The number of nitrogens with one attached hydrogen (secondary N) is 2. The first-order chi connectivity index (χ1) is 10.9. The van der Waals surface area contributed by atoms with Crippen LogP contribution in [0, 0.1) is 17.0 Å². The smallest absolute Gasteiger partial charge is 0.289 e. The lowest BCUT2D eigenvalue weighted by Crippen LogP contribution is -2.34. The molecule has 0 aliphatic carbocycles. The minimum absolute atomic E-state index is 0.0235. The van der Waals surface area contributed by atoms with Crippen LogP contribution < -0.4 is 10.6 Å². The molecule has 2 aromatic carbocycles. The van der Waals surface area contributed by atoms with Crippen LogP contribution in [0.25, 0.3) is 0 Å². The van der Waals surface area contributed by atoms with Gasteiger partial charge in [0.1, 0.15) is 5.02 Å². The summed E-state index contributed by atoms with van der Waals surface area (Å²) in [6, 6.07) is 11.2. The molecule has 1 amide bonds. The van der Waals surface area contributed by atoms with Crippen LogP contribution in [0.1, 0.15) is 15.9 Å². The number of nitro benzene ring substituents is 1. The van der Waals surface area contributed by atoms with Crippen molar-refractivity contribution in [2.24, 2.45) is 0 Å². The third kappa shape index (κ3) is 4.24. The molecule has 0 bridgehead atoms. The van der Waals surface area contributed by atoms with Crippen LogP contribution in [0.15, 0.2) is 42.5 Å². The molecule has 0 heterocycles. The first-order valence-corrected chi connectivity index (χ1v) is 7.29. The maximum atomic E-state index is 12.1. The van der Waals surface area contributed by atoms with E-state index in [1.165, 1.54) is 18.2 Å². The molecule has 0 aromatic heterocycles. The molecule has 0 saturated heterocycles. The fraction of sp³-hybridized carbons (Fsp3) is 0.0667. The molecule has 0 unspecified atom stereocenters. The topological polar surface area (TPSA) is 84.3 Å². The van der Waals surface area contributed by atoms with Gasteiger partial charge in [-0.25, -0.2) is 0 Å². The van der Waals surface area contributed by atoms with Gasteiger partial charge in [0.05, 0.1) is 4.92 Å². The SMILES string of the molecule is Cc1ccccc1C(=O)NC(=S)Nc1ccc(Cl)c([N+](=O)[O-])c1. The van der Waals surface area contributed by atoms with Crippen molar-refractivity contribution in [1.82, 2.24) is 5.32 Å². The highest BCUT2D eigenvalue weighted by atomic mass is 35.5. The van der Waals surface area contributed by atoms with Gasteiger partial charge in [-0.05, 0) is 42.9 Å². The molecule has 0 radical (unpaired) electrons. The molecular weight excluding hydrogens is 338 g/mol. The van der Waals surface area contributed by atoms with Crippen molar-refractivity contribution in [1.29, 1.82) is 0 Å². The van der Waals surface area contributed by atoms with Crippen LogP contribution in [-0.2, 0) is 0 Å². The highest BCUT2D eigenvalue weighted by Gasteiger charge is 2.14. The van der Waals surface area contributed by atoms with Gasteiger partial charge in [0.15, 0.2) is 5.11 Å². The van der Waals surface area contributed by atoms with Crippen molar-refractivity contribution in [2.45, 2.75) is 6.92 Å². The number of nitrogens with zero attached hydrogens (tertiary/aromatic N) is 1. The Morgan fingerprint density at radius 2 is 1.96 bits per heavy atom. The summed E-state index contributed by atoms with van der Waals surface area (Å²) in [6.45, 7) is 1.81. The molecule has 0 saturated carbocycles. The first kappa shape index (κ1) is 16.9. The number of thiocarbonyl (C=S) groups is 1. The molecule has 2 aromatic rings. The zero-order valence-electron chi connectivity index (χ0n) is 12.0. The molecular formula is C15H12ClN3O3S. The van der Waals surface area contributed by atoms with Crippen molar-refractivity contribution in [2.75, 3.05) is 5.32 Å². The summed E-state index contributed by atoms with van der Waals surface area (Å²) in [4.78, 5) is 22.4. The second kappa shape index (κ2) is 7.17. The average Bonchev–Trinajstić information content (AvgIpc) is 2.49. The lowest BCUT2D eigenvalue weighted by atomic mass is 10.1. The largest absolute Gasteiger partial charge is 0.332 e. The molecule has 0 aliphatic heterocycles. The molecule has 0 fully saturated rings. The number of nitro groups is 1. The highest BCUT2D eigenvalue weighted by molar-refractivity contribution is 7.80. The predicted octanol–water partition coefficient (Wildman–Crippen LogP) is 3.68. The summed E-state index contributed by atoms with van der Waals surface area (Å²) in [5.41, 5.74) is 1.43. The maximum absolute atomic E-state index is 12.1. The minimum atomic E-state index is -0.595. The maximum Gasteiger partial charge on any atom is 0.289 e. The second-order valence-electron chi connectivity index (χ2n) is 4.65. The zero-order valence-corrected chi connectivity index (χ0v) is 13.6. The molecule has 0 spiro atoms. The lowest BCUT2D eigenvalue weighted by molar-refractivity contribution is -0.384. The Morgan fingerprint density at radius 3 is 2.61 bits per heavy atom. The van der Waals surface area contributed by atoms with E-state index in [0.717, 1.165) is 5.56 Å². The van der Waals surface area contributed by atoms with E-state index in [4.69, 9.17) is 23.8 Å². The predicted molar refractivity (Wildman–Crippen MR) is 93.0 cm³/mol. The first-order valence-electron chi connectivity index (χ1n) is 6.50. The number of carbonyl (C=O) groups excluding carboxylic acids is 1. The normalized spacial score (nSPS) is 10.0. The van der Waals surface area contributed by atoms with E-state index in [2.05, 4.69) is 10.6 Å². The van der Waals surface area contributed by atoms with Crippen molar-refractivity contribution < 1.29 is 9.72 Å². The number of carbonyl (C=O) groups is 1. The summed E-state index contributed by atoms with van der Waals surface area (Å²) in [5.74, 6) is -0.357. The summed E-state index contributed by atoms with van der Waals surface area (Å²) in [6.07, 6.45) is 0. The number of halogens is 1. The summed E-state index contributed by atoms with van der Waals surface area (Å²) in [5, 5.41) is 16.2. The van der Waals surface area contributed by atoms with E-state index < -0.39 is 4.92 Å². The second-order valence-corrected chi connectivity index (χ2v) is 5.46. The van der Waals surface area contributed by atoms with Crippen LogP contribution in [0.5, 0.6) is 0 Å². The van der Waals surface area contributed by atoms with Gasteiger partial charge in [0, 0.05) is 17.3 Å². The Kier molecular flexibility index (Phi) is 5.25. The van der Waals surface area contributed by atoms with E-state index in [0.29, 0.717) is 11.3 Å². The highest BCUT2D eigenvalue weighted by Crippen LogP contribution is 2.27. The van der Waals surface area contributed by atoms with Crippen LogP contribution in [0.3, 0.4) is 0 Å². The van der Waals surface area contributed by atoms with Gasteiger partial charge >= 0.3 is 0 Å². The van der Waals surface area contributed by atoms with E-state index >= 15 is 0 Å². The van der Waals surface area contributed by atoms with Gasteiger partial charge in [-0.1, -0.05) is 29.8 Å². The Morgan fingerprint density at radius 1 is 1.26 bits per heavy atom. The van der Waals surface area contributed by atoms with Gasteiger partial charge in [-0.15, -0.1) is 0 Å². The molecule has 2 rings (SSSR count). The fourth-order valence-corrected chi connectivity index (χ4v) is 2.29. The number of anilines is 1. The van der Waals surface area contributed by atoms with E-state index in [9.17, 15) is 14.9 Å². The number of hydrogen-bond acceptors (Lipinski definition) is 4. The minimum Gasteiger partial charge on any atom is -0.332 e. The van der Waals surface area contributed by atoms with Crippen LogP contribution in [0.4, 0.5) is 11.4 Å². The van der Waals surface area contributed by atoms with Crippen molar-refractivity contribution in [3.8, 4) is 0 Å². The molecule has 0 aliphatic rings. The number of rotatable bonds is 3. The Balaban J connectivity index is 2.08. The lowest BCUT2D eigenvalue weighted by Gasteiger charge is -2.11. The van der Waals surface area contributed by atoms with Crippen molar-refractivity contribution in [3.05, 3.63) is 68.7 Å². The number of benzene rings is 2. The van der Waals surface area contributed by atoms with E-state index in [1.54, 1.807) is 12.1 Å². The summed E-state index contributed by atoms with van der Waals surface area (Å²) >= 11 is 10.8. The number of aryl methyl sites for hydroxylation is 1. The van der Waals surface area contributed by atoms with Gasteiger partial charge in [0.2, 0.25) is 0 Å². The third-order valence-corrected chi connectivity index (χ3v) is 3.54. The standard InChI is InChI=1S/C15H12ClN3O3S/c1-9-4-2-3-5-11(9)14(20)18-15(23)17-10-6-7-12(16)13(8-10)19(21)22/h2-8H,1H3,(H2,17,18,20,23). The van der Waals surface area contributed by atoms with Gasteiger partial charge in [-0.2, -0.15) is 0 Å². The number of hydrogen-bond donors (Lipinski definition) is 2. The Labute approximate surface area is 142 Å². The quantitative estimate of drug-likeness (QED) is 0.501. The van der Waals surface area contributed by atoms with E-state index in [-0.39, 0.29) is 21.7 Å². The Hall–Kier alpha value is -2.51. The zero-order chi connectivity index (χ0) is 17.0. The monoisotopic (exact) mass is 349 g/mol. The molecule has 23 heavy (non-hydrogen) atoms. The van der Waals surface area contributed by atoms with Gasteiger partial charge < -0.3 is 5.32 Å². The Bertz CT molecular complexity index is 795. The number of amides is 1. The van der Waals surface area contributed by atoms with E-state index in [1.807, 2.05) is 19.1 Å². The molecule has 6 nitrogen and oxygen atoms in total. The molecule has 0 atom stereocenters. The van der Waals surface area contributed by atoms with Gasteiger partial charge in [-0.3, -0.25) is 20.2 Å². The fourth-order valence-electron chi connectivity index (χ4n) is 1.89. The molecule has 118 valence electrons. The van der Waals surface area contributed by atoms with Crippen molar-refractivity contribution >= 4 is 46.2 Å². The van der Waals surface area contributed by atoms with Gasteiger partial charge in [0.25, 0.3) is 11.6 Å².